The van der Waals surface area contributed by atoms with E-state index in [1.54, 1.807) is 0 Å². The van der Waals surface area contributed by atoms with Gasteiger partial charge in [0, 0.05) is 5.69 Å². The Bertz CT molecular complexity index is 736. The molecule has 4 N–H and O–H groups in total. The smallest absolute Gasteiger partial charge is 0.433 e. The Morgan fingerprint density at radius 1 is 1.29 bits per heavy atom. The number of carbonyl (C=O) groups excluding carboxylic acids is 2. The molecule has 21 heavy (non-hydrogen) atoms. The minimum Gasteiger partial charge on any atom is -0.507 e. The van der Waals surface area contributed by atoms with Crippen molar-refractivity contribution in [3.05, 3.63) is 51.8 Å². The number of nitrogens with one attached hydrogen (secondary N) is 1. The van der Waals surface area contributed by atoms with Crippen LogP contribution in [0.4, 0.5) is 11.6 Å². The molecule has 1 aromatic heterocycles. The summed E-state index contributed by atoms with van der Waals surface area (Å²) in [4.78, 5) is 32.6. The Balaban J connectivity index is 2.21. The van der Waals surface area contributed by atoms with Gasteiger partial charge in [-0.15, -0.1) is 0 Å². The van der Waals surface area contributed by atoms with Gasteiger partial charge in [-0.2, -0.15) is 0 Å². The molecule has 0 aliphatic heterocycles. The van der Waals surface area contributed by atoms with Crippen molar-refractivity contribution in [2.24, 2.45) is 5.73 Å². The van der Waals surface area contributed by atoms with Gasteiger partial charge in [-0.05, 0) is 24.3 Å². The number of nitrogens with two attached hydrogens (primary N) is 1. The highest BCUT2D eigenvalue weighted by Crippen LogP contribution is 2.22. The number of rotatable bonds is 4. The van der Waals surface area contributed by atoms with E-state index in [1.807, 2.05) is 0 Å². The van der Waals surface area contributed by atoms with Crippen LogP contribution >= 0.6 is 0 Å². The van der Waals surface area contributed by atoms with Crippen LogP contribution in [0.1, 0.15) is 20.9 Å². The summed E-state index contributed by atoms with van der Waals surface area (Å²) in [5.41, 5.74) is 5.06. The molecule has 0 saturated heterocycles. The van der Waals surface area contributed by atoms with Gasteiger partial charge in [-0.3, -0.25) is 19.7 Å². The summed E-state index contributed by atoms with van der Waals surface area (Å²) in [6, 6.07) is 5.87. The van der Waals surface area contributed by atoms with Gasteiger partial charge in [0.1, 0.15) is 10.7 Å². The van der Waals surface area contributed by atoms with Crippen molar-refractivity contribution >= 4 is 23.4 Å². The number of anilines is 1. The van der Waals surface area contributed by atoms with E-state index in [2.05, 4.69) is 5.32 Å². The zero-order chi connectivity index (χ0) is 15.6. The topological polar surface area (TPSA) is 149 Å². The lowest BCUT2D eigenvalue weighted by molar-refractivity contribution is -0.402. The molecule has 9 heteroatoms. The lowest BCUT2D eigenvalue weighted by Gasteiger charge is -2.06. The largest absolute Gasteiger partial charge is 0.507 e. The maximum Gasteiger partial charge on any atom is 0.433 e. The molecular formula is C12H9N3O6. The van der Waals surface area contributed by atoms with Gasteiger partial charge in [0.25, 0.3) is 11.8 Å². The molecular weight excluding hydrogens is 282 g/mol. The molecule has 0 aliphatic rings. The Morgan fingerprint density at radius 3 is 2.57 bits per heavy atom. The molecule has 1 heterocycles. The van der Waals surface area contributed by atoms with Gasteiger partial charge in [0.2, 0.25) is 0 Å². The number of benzene rings is 1. The molecule has 0 radical (unpaired) electrons. The first-order valence-electron chi connectivity index (χ1n) is 5.57. The molecule has 0 aliphatic carbocycles. The standard InChI is InChI=1S/C12H9N3O6/c13-11(17)7-5-6(1-2-8(7)16)14-12(18)9-3-4-10(21-9)15(19)20/h1-5,16H,(H2,13,17)(H,14,18). The molecule has 0 atom stereocenters. The highest BCUT2D eigenvalue weighted by molar-refractivity contribution is 6.03. The predicted octanol–water partition coefficient (Wildman–Crippen LogP) is 1.24. The molecule has 108 valence electrons. The van der Waals surface area contributed by atoms with Crippen LogP contribution in [0, 0.1) is 10.1 Å². The molecule has 0 spiro atoms. The van der Waals surface area contributed by atoms with Gasteiger partial charge in [-0.1, -0.05) is 0 Å². The van der Waals surface area contributed by atoms with E-state index < -0.39 is 22.6 Å². The third kappa shape index (κ3) is 2.97. The van der Waals surface area contributed by atoms with E-state index in [9.17, 15) is 24.8 Å². The SMILES string of the molecule is NC(=O)c1cc(NC(=O)c2ccc([N+](=O)[O-])o2)ccc1O. The Morgan fingerprint density at radius 2 is 2.00 bits per heavy atom. The minimum absolute atomic E-state index is 0.168. The number of phenols is 1. The van der Waals surface area contributed by atoms with Gasteiger partial charge >= 0.3 is 5.88 Å². The molecule has 9 nitrogen and oxygen atoms in total. The van der Waals surface area contributed by atoms with E-state index in [0.717, 1.165) is 12.1 Å². The van der Waals surface area contributed by atoms with Crippen LogP contribution in [0.25, 0.3) is 0 Å². The average Bonchev–Trinajstić information content (AvgIpc) is 2.90. The summed E-state index contributed by atoms with van der Waals surface area (Å²) in [7, 11) is 0. The normalized spacial score (nSPS) is 10.1. The number of nitrogens with zero attached hydrogens (tertiary/aromatic N) is 1. The number of hydrogen-bond acceptors (Lipinski definition) is 6. The number of carbonyl (C=O) groups is 2. The van der Waals surface area contributed by atoms with E-state index in [0.29, 0.717) is 0 Å². The van der Waals surface area contributed by atoms with Crippen molar-refractivity contribution in [2.75, 3.05) is 5.32 Å². The zero-order valence-electron chi connectivity index (χ0n) is 10.4. The molecule has 0 fully saturated rings. The zero-order valence-corrected chi connectivity index (χ0v) is 10.4. The van der Waals surface area contributed by atoms with Crippen molar-refractivity contribution in [3.8, 4) is 5.75 Å². The Labute approximate surface area is 117 Å². The van der Waals surface area contributed by atoms with Crippen LogP contribution in [-0.2, 0) is 0 Å². The highest BCUT2D eigenvalue weighted by Gasteiger charge is 2.18. The molecule has 2 rings (SSSR count). The van der Waals surface area contributed by atoms with E-state index in [-0.39, 0.29) is 22.8 Å². The summed E-state index contributed by atoms with van der Waals surface area (Å²) in [6.07, 6.45) is 0. The first kappa shape index (κ1) is 14.1. The van der Waals surface area contributed by atoms with Gasteiger partial charge in [0.05, 0.1) is 11.6 Å². The maximum absolute atomic E-state index is 11.8. The van der Waals surface area contributed by atoms with Crippen LogP contribution in [0.5, 0.6) is 5.75 Å². The van der Waals surface area contributed by atoms with Gasteiger partial charge < -0.3 is 20.6 Å². The molecule has 0 bridgehead atoms. The summed E-state index contributed by atoms with van der Waals surface area (Å²) in [5, 5.41) is 22.2. The number of nitro groups is 1. The first-order chi connectivity index (χ1) is 9.88. The van der Waals surface area contributed by atoms with E-state index >= 15 is 0 Å². The monoisotopic (exact) mass is 291 g/mol. The number of furan rings is 1. The van der Waals surface area contributed by atoms with Crippen molar-refractivity contribution in [1.29, 1.82) is 0 Å². The number of amides is 2. The van der Waals surface area contributed by atoms with Gasteiger partial charge in [0.15, 0.2) is 5.76 Å². The van der Waals surface area contributed by atoms with Crippen LogP contribution in [0.15, 0.2) is 34.7 Å². The molecule has 1 aromatic carbocycles. The summed E-state index contributed by atoms with van der Waals surface area (Å²) < 4.78 is 4.73. The molecule has 2 amide bonds. The highest BCUT2D eigenvalue weighted by atomic mass is 16.6. The lowest BCUT2D eigenvalue weighted by atomic mass is 10.1. The second-order valence-electron chi connectivity index (χ2n) is 3.95. The Kier molecular flexibility index (Phi) is 3.57. The second-order valence-corrected chi connectivity index (χ2v) is 3.95. The summed E-state index contributed by atoms with van der Waals surface area (Å²) >= 11 is 0. The Hall–Kier alpha value is -3.36. The molecule has 0 saturated carbocycles. The number of hydrogen-bond donors (Lipinski definition) is 3. The average molecular weight is 291 g/mol. The quantitative estimate of drug-likeness (QED) is 0.438. The van der Waals surface area contributed by atoms with Crippen LogP contribution in [0.3, 0.4) is 0 Å². The van der Waals surface area contributed by atoms with Gasteiger partial charge in [-0.25, -0.2) is 0 Å². The second kappa shape index (κ2) is 5.33. The fraction of sp³-hybridized carbons (Fsp3) is 0. The van der Waals surface area contributed by atoms with Crippen LogP contribution in [-0.4, -0.2) is 21.8 Å². The number of aromatic hydroxyl groups is 1. The summed E-state index contributed by atoms with van der Waals surface area (Å²) in [5.74, 6) is -2.77. The van der Waals surface area contributed by atoms with E-state index in [4.69, 9.17) is 10.2 Å². The van der Waals surface area contributed by atoms with Crippen LogP contribution in [0.2, 0.25) is 0 Å². The van der Waals surface area contributed by atoms with E-state index in [1.165, 1.54) is 18.2 Å². The number of primary amides is 1. The van der Waals surface area contributed by atoms with Crippen molar-refractivity contribution in [3.63, 3.8) is 0 Å². The molecule has 0 unspecified atom stereocenters. The molecule has 2 aromatic rings. The van der Waals surface area contributed by atoms with Crippen molar-refractivity contribution in [1.82, 2.24) is 0 Å². The van der Waals surface area contributed by atoms with Crippen LogP contribution < -0.4 is 11.1 Å². The predicted molar refractivity (Wildman–Crippen MR) is 69.9 cm³/mol. The minimum atomic E-state index is -0.864. The fourth-order valence-corrected chi connectivity index (χ4v) is 1.55. The fourth-order valence-electron chi connectivity index (χ4n) is 1.55. The van der Waals surface area contributed by atoms with Crippen molar-refractivity contribution < 1.29 is 24.0 Å². The maximum atomic E-state index is 11.8. The summed E-state index contributed by atoms with van der Waals surface area (Å²) in [6.45, 7) is 0. The van der Waals surface area contributed by atoms with Crippen molar-refractivity contribution in [2.45, 2.75) is 0 Å². The third-order valence-corrected chi connectivity index (χ3v) is 2.52. The lowest BCUT2D eigenvalue weighted by Crippen LogP contribution is -2.14. The third-order valence-electron chi connectivity index (χ3n) is 2.52. The first-order valence-corrected chi connectivity index (χ1v) is 5.57.